The van der Waals surface area contributed by atoms with Gasteiger partial charge in [-0.1, -0.05) is 48.0 Å². The molecule has 0 aliphatic heterocycles. The van der Waals surface area contributed by atoms with Crippen molar-refractivity contribution in [3.8, 4) is 0 Å². The van der Waals surface area contributed by atoms with Gasteiger partial charge in [-0.25, -0.2) is 4.98 Å². The number of hydrogen-bond acceptors (Lipinski definition) is 3. The molecule has 0 aliphatic rings. The number of hydrogen-bond donors (Lipinski definition) is 1. The Morgan fingerprint density at radius 1 is 1.00 bits per heavy atom. The van der Waals surface area contributed by atoms with Crippen molar-refractivity contribution in [3.05, 3.63) is 82.0 Å². The molecule has 0 spiro atoms. The van der Waals surface area contributed by atoms with Crippen molar-refractivity contribution < 1.29 is 0 Å². The lowest BCUT2D eigenvalue weighted by Crippen LogP contribution is -2.08. The number of nitrogens with zero attached hydrogens (tertiary/aromatic N) is 2. The third kappa shape index (κ3) is 3.05. The van der Waals surface area contributed by atoms with E-state index in [1.165, 1.54) is 16.0 Å². The molecule has 0 aliphatic carbocycles. The number of rotatable bonds is 5. The summed E-state index contributed by atoms with van der Waals surface area (Å²) in [5.74, 6) is 0.921. The van der Waals surface area contributed by atoms with Crippen LogP contribution in [0.25, 0.3) is 11.0 Å². The van der Waals surface area contributed by atoms with Gasteiger partial charge < -0.3 is 9.88 Å². The van der Waals surface area contributed by atoms with E-state index in [4.69, 9.17) is 4.98 Å². The van der Waals surface area contributed by atoms with Gasteiger partial charge in [0.1, 0.15) is 0 Å². The molecule has 4 aromatic rings. The van der Waals surface area contributed by atoms with E-state index in [1.807, 2.05) is 6.07 Å². The molecule has 4 rings (SSSR count). The number of thiophene rings is 1. The largest absolute Gasteiger partial charge is 0.351 e. The summed E-state index contributed by atoms with van der Waals surface area (Å²) in [5.41, 5.74) is 4.75. The lowest BCUT2D eigenvalue weighted by Gasteiger charge is -2.11. The Morgan fingerprint density at radius 2 is 1.83 bits per heavy atom. The number of anilines is 1. The van der Waals surface area contributed by atoms with Crippen LogP contribution in [0.5, 0.6) is 0 Å². The molecule has 0 saturated heterocycles. The van der Waals surface area contributed by atoms with Crippen molar-refractivity contribution in [1.82, 2.24) is 9.55 Å². The Balaban J connectivity index is 1.68. The van der Waals surface area contributed by atoms with Gasteiger partial charge in [0.05, 0.1) is 24.1 Å². The van der Waals surface area contributed by atoms with E-state index in [1.54, 1.807) is 11.3 Å². The Bertz CT molecular complexity index is 937. The molecule has 0 bridgehead atoms. The molecule has 2 aromatic carbocycles. The Labute approximate surface area is 145 Å². The number of aromatic nitrogens is 2. The van der Waals surface area contributed by atoms with Crippen LogP contribution in [0, 0.1) is 6.92 Å². The smallest absolute Gasteiger partial charge is 0.204 e. The summed E-state index contributed by atoms with van der Waals surface area (Å²) in [5, 5.41) is 5.60. The van der Waals surface area contributed by atoms with E-state index in [0.29, 0.717) is 0 Å². The van der Waals surface area contributed by atoms with Gasteiger partial charge in [0.25, 0.3) is 0 Å². The Kier molecular flexibility index (Phi) is 4.05. The van der Waals surface area contributed by atoms with Gasteiger partial charge in [-0.3, -0.25) is 0 Å². The number of fused-ring (bicyclic) bond motifs is 1. The topological polar surface area (TPSA) is 29.9 Å². The van der Waals surface area contributed by atoms with Crippen LogP contribution in [0.4, 0.5) is 5.95 Å². The van der Waals surface area contributed by atoms with Gasteiger partial charge in [-0.2, -0.15) is 0 Å². The van der Waals surface area contributed by atoms with E-state index >= 15 is 0 Å². The number of para-hydroxylation sites is 2. The third-order valence-corrected chi connectivity index (χ3v) is 4.99. The fraction of sp³-hybridized carbons (Fsp3) is 0.150. The van der Waals surface area contributed by atoms with Gasteiger partial charge >= 0.3 is 0 Å². The van der Waals surface area contributed by atoms with Crippen LogP contribution < -0.4 is 5.32 Å². The summed E-state index contributed by atoms with van der Waals surface area (Å²) >= 11 is 1.76. The molecule has 24 heavy (non-hydrogen) atoms. The molecule has 0 unspecified atom stereocenters. The van der Waals surface area contributed by atoms with Crippen LogP contribution in [0.2, 0.25) is 0 Å². The molecule has 1 N–H and O–H groups in total. The standard InChI is InChI=1S/C20H19N3S/c1-15-8-10-16(11-9-15)14-23-19-7-3-2-6-18(19)22-20(23)21-13-17-5-4-12-24-17/h2-12H,13-14H2,1H3,(H,21,22). The van der Waals surface area contributed by atoms with E-state index in [2.05, 4.69) is 76.8 Å². The first-order valence-corrected chi connectivity index (χ1v) is 8.94. The van der Waals surface area contributed by atoms with Crippen molar-refractivity contribution >= 4 is 28.3 Å². The van der Waals surface area contributed by atoms with Gasteiger partial charge in [-0.05, 0) is 36.1 Å². The number of aryl methyl sites for hydroxylation is 1. The van der Waals surface area contributed by atoms with Gasteiger partial charge in [0, 0.05) is 4.88 Å². The van der Waals surface area contributed by atoms with Crippen molar-refractivity contribution in [2.24, 2.45) is 0 Å². The molecule has 0 saturated carbocycles. The minimum Gasteiger partial charge on any atom is -0.351 e. The summed E-state index contributed by atoms with van der Waals surface area (Å²) < 4.78 is 2.26. The molecule has 0 fully saturated rings. The molecule has 3 nitrogen and oxygen atoms in total. The fourth-order valence-corrected chi connectivity index (χ4v) is 3.47. The maximum Gasteiger partial charge on any atom is 0.204 e. The monoisotopic (exact) mass is 333 g/mol. The summed E-state index contributed by atoms with van der Waals surface area (Å²) in [6.07, 6.45) is 0. The van der Waals surface area contributed by atoms with Crippen LogP contribution in [0.15, 0.2) is 66.0 Å². The molecule has 120 valence electrons. The minimum atomic E-state index is 0.800. The first-order valence-electron chi connectivity index (χ1n) is 8.07. The highest BCUT2D eigenvalue weighted by Crippen LogP contribution is 2.22. The van der Waals surface area contributed by atoms with Crippen molar-refractivity contribution in [1.29, 1.82) is 0 Å². The van der Waals surface area contributed by atoms with Crippen molar-refractivity contribution in [2.75, 3.05) is 5.32 Å². The molecule has 2 aromatic heterocycles. The average molecular weight is 333 g/mol. The van der Waals surface area contributed by atoms with Crippen LogP contribution in [-0.4, -0.2) is 9.55 Å². The van der Waals surface area contributed by atoms with E-state index in [0.717, 1.165) is 30.1 Å². The number of nitrogens with one attached hydrogen (secondary N) is 1. The summed E-state index contributed by atoms with van der Waals surface area (Å²) in [6.45, 7) is 3.73. The van der Waals surface area contributed by atoms with E-state index < -0.39 is 0 Å². The fourth-order valence-electron chi connectivity index (χ4n) is 2.83. The zero-order valence-electron chi connectivity index (χ0n) is 13.6. The number of imidazole rings is 1. The molecule has 0 amide bonds. The maximum absolute atomic E-state index is 4.78. The quantitative estimate of drug-likeness (QED) is 0.553. The van der Waals surface area contributed by atoms with E-state index in [9.17, 15) is 0 Å². The zero-order chi connectivity index (χ0) is 16.4. The summed E-state index contributed by atoms with van der Waals surface area (Å²) in [7, 11) is 0. The highest BCUT2D eigenvalue weighted by Gasteiger charge is 2.10. The lowest BCUT2D eigenvalue weighted by atomic mass is 10.1. The highest BCUT2D eigenvalue weighted by molar-refractivity contribution is 7.09. The zero-order valence-corrected chi connectivity index (χ0v) is 14.4. The van der Waals surface area contributed by atoms with Gasteiger partial charge in [0.2, 0.25) is 5.95 Å². The first-order chi connectivity index (χ1) is 11.8. The molecule has 0 atom stereocenters. The minimum absolute atomic E-state index is 0.800. The second kappa shape index (κ2) is 6.49. The third-order valence-electron chi connectivity index (χ3n) is 4.12. The van der Waals surface area contributed by atoms with Crippen LogP contribution in [-0.2, 0) is 13.1 Å². The van der Waals surface area contributed by atoms with Crippen LogP contribution in [0.3, 0.4) is 0 Å². The molecule has 4 heteroatoms. The summed E-state index contributed by atoms with van der Waals surface area (Å²) in [4.78, 5) is 6.09. The second-order valence-corrected chi connectivity index (χ2v) is 6.96. The second-order valence-electron chi connectivity index (χ2n) is 5.93. The van der Waals surface area contributed by atoms with Crippen molar-refractivity contribution in [2.45, 2.75) is 20.0 Å². The maximum atomic E-state index is 4.78. The van der Waals surface area contributed by atoms with Crippen LogP contribution >= 0.6 is 11.3 Å². The first kappa shape index (κ1) is 15.0. The number of benzene rings is 2. The average Bonchev–Trinajstić information content (AvgIpc) is 3.23. The SMILES string of the molecule is Cc1ccc(Cn2c(NCc3cccs3)nc3ccccc32)cc1. The molecular weight excluding hydrogens is 314 g/mol. The van der Waals surface area contributed by atoms with Crippen LogP contribution in [0.1, 0.15) is 16.0 Å². The molecule has 2 heterocycles. The van der Waals surface area contributed by atoms with E-state index in [-0.39, 0.29) is 0 Å². The molecular formula is C20H19N3S. The highest BCUT2D eigenvalue weighted by atomic mass is 32.1. The predicted octanol–water partition coefficient (Wildman–Crippen LogP) is 5.07. The predicted molar refractivity (Wildman–Crippen MR) is 102 cm³/mol. The molecule has 0 radical (unpaired) electrons. The normalized spacial score (nSPS) is 11.0. The Hall–Kier alpha value is -2.59. The van der Waals surface area contributed by atoms with Crippen molar-refractivity contribution in [3.63, 3.8) is 0 Å². The Morgan fingerprint density at radius 3 is 2.62 bits per heavy atom. The van der Waals surface area contributed by atoms with Gasteiger partial charge in [-0.15, -0.1) is 11.3 Å². The van der Waals surface area contributed by atoms with Gasteiger partial charge in [0.15, 0.2) is 0 Å². The lowest BCUT2D eigenvalue weighted by molar-refractivity contribution is 0.823. The summed E-state index contributed by atoms with van der Waals surface area (Å²) in [6, 6.07) is 21.2.